The van der Waals surface area contributed by atoms with Gasteiger partial charge in [0.05, 0.1) is 6.54 Å². The predicted octanol–water partition coefficient (Wildman–Crippen LogP) is 3.32. The molecule has 2 aromatic heterocycles. The van der Waals surface area contributed by atoms with Crippen LogP contribution in [-0.2, 0) is 20.1 Å². The number of nitrogens with zero attached hydrogens (tertiary/aromatic N) is 5. The fourth-order valence-corrected chi connectivity index (χ4v) is 4.43. The van der Waals surface area contributed by atoms with Crippen molar-refractivity contribution in [3.63, 3.8) is 0 Å². The molecular formula is C18H27IN6S. The van der Waals surface area contributed by atoms with E-state index in [0.717, 1.165) is 37.2 Å². The highest BCUT2D eigenvalue weighted by Gasteiger charge is 2.43. The number of aryl methyl sites for hydroxylation is 1. The third-order valence-electron chi connectivity index (χ3n) is 5.71. The first kappa shape index (κ1) is 19.6. The lowest BCUT2D eigenvalue weighted by Crippen LogP contribution is -2.42. The number of halogens is 1. The molecule has 1 aliphatic heterocycles. The van der Waals surface area contributed by atoms with Gasteiger partial charge in [0.25, 0.3) is 0 Å². The van der Waals surface area contributed by atoms with Gasteiger partial charge in [0, 0.05) is 25.0 Å². The van der Waals surface area contributed by atoms with Crippen LogP contribution in [0.4, 0.5) is 0 Å². The zero-order valence-corrected chi connectivity index (χ0v) is 18.6. The number of hydrogen-bond acceptors (Lipinski definition) is 4. The lowest BCUT2D eigenvalue weighted by Gasteiger charge is -2.38. The summed E-state index contributed by atoms with van der Waals surface area (Å²) in [4.78, 5) is 8.66. The summed E-state index contributed by atoms with van der Waals surface area (Å²) in [5.41, 5.74) is 0.562. The summed E-state index contributed by atoms with van der Waals surface area (Å²) in [6.45, 7) is 5.61. The standard InChI is InChI=1S/C18H26N6S.HI/c1-14-21-22-16(23(14)2)12-20-17(19-11-15-5-3-10-25-15)24-9-8-18(13-24)6-4-7-18;/h3,5,10H,4,6-9,11-13H2,1-2H3,(H,19,20);1H. The maximum Gasteiger partial charge on any atom is 0.194 e. The Hall–Kier alpha value is -1.16. The average Bonchev–Trinajstić information content (AvgIpc) is 3.30. The first-order chi connectivity index (χ1) is 12.2. The van der Waals surface area contributed by atoms with Crippen molar-refractivity contribution in [3.05, 3.63) is 34.0 Å². The molecule has 0 unspecified atom stereocenters. The highest BCUT2D eigenvalue weighted by Crippen LogP contribution is 2.47. The Morgan fingerprint density at radius 2 is 2.19 bits per heavy atom. The minimum Gasteiger partial charge on any atom is -0.351 e. The lowest BCUT2D eigenvalue weighted by molar-refractivity contribution is 0.151. The zero-order chi connectivity index (χ0) is 17.3. The smallest absolute Gasteiger partial charge is 0.194 e. The SMILES string of the molecule is Cc1nnc(CN=C(NCc2cccs2)N2CCC3(CCC3)C2)n1C.I. The zero-order valence-electron chi connectivity index (χ0n) is 15.4. The monoisotopic (exact) mass is 486 g/mol. The van der Waals surface area contributed by atoms with Crippen LogP contribution < -0.4 is 5.32 Å². The van der Waals surface area contributed by atoms with Crippen LogP contribution in [0.5, 0.6) is 0 Å². The van der Waals surface area contributed by atoms with Crippen LogP contribution in [-0.4, -0.2) is 38.7 Å². The van der Waals surface area contributed by atoms with Crippen LogP contribution in [0, 0.1) is 12.3 Å². The molecule has 26 heavy (non-hydrogen) atoms. The molecule has 1 aliphatic carbocycles. The number of guanidine groups is 1. The Morgan fingerprint density at radius 3 is 2.77 bits per heavy atom. The highest BCUT2D eigenvalue weighted by atomic mass is 127. The largest absolute Gasteiger partial charge is 0.351 e. The average molecular weight is 486 g/mol. The second kappa shape index (κ2) is 8.24. The quantitative estimate of drug-likeness (QED) is 0.409. The molecule has 0 radical (unpaired) electrons. The number of aromatic nitrogens is 3. The summed E-state index contributed by atoms with van der Waals surface area (Å²) < 4.78 is 2.01. The van der Waals surface area contributed by atoms with Gasteiger partial charge in [-0.05, 0) is 43.0 Å². The van der Waals surface area contributed by atoms with E-state index in [9.17, 15) is 0 Å². The Labute approximate surface area is 176 Å². The summed E-state index contributed by atoms with van der Waals surface area (Å²) in [7, 11) is 2.00. The Balaban J connectivity index is 0.00000196. The Kier molecular flexibility index (Phi) is 6.21. The lowest BCUT2D eigenvalue weighted by atomic mass is 9.68. The third-order valence-corrected chi connectivity index (χ3v) is 6.58. The molecule has 0 atom stereocenters. The van der Waals surface area contributed by atoms with Crippen molar-refractivity contribution in [3.8, 4) is 0 Å². The minimum absolute atomic E-state index is 0. The fourth-order valence-electron chi connectivity index (χ4n) is 3.78. The molecule has 1 saturated heterocycles. The van der Waals surface area contributed by atoms with Gasteiger partial charge in [-0.3, -0.25) is 0 Å². The molecule has 142 valence electrons. The summed E-state index contributed by atoms with van der Waals surface area (Å²) in [5.74, 6) is 2.84. The van der Waals surface area contributed by atoms with Crippen molar-refractivity contribution in [2.75, 3.05) is 13.1 Å². The first-order valence-electron chi connectivity index (χ1n) is 9.06. The number of thiophene rings is 1. The maximum absolute atomic E-state index is 4.89. The number of likely N-dealkylation sites (tertiary alicyclic amines) is 1. The molecule has 2 fully saturated rings. The van der Waals surface area contributed by atoms with Crippen LogP contribution >= 0.6 is 35.3 Å². The van der Waals surface area contributed by atoms with E-state index in [2.05, 4.69) is 37.9 Å². The molecule has 2 aliphatic rings. The third kappa shape index (κ3) is 4.05. The van der Waals surface area contributed by atoms with Crippen molar-refractivity contribution >= 4 is 41.3 Å². The van der Waals surface area contributed by atoms with Crippen LogP contribution in [0.1, 0.15) is 42.2 Å². The van der Waals surface area contributed by atoms with E-state index < -0.39 is 0 Å². The van der Waals surface area contributed by atoms with Crippen LogP contribution in [0.25, 0.3) is 0 Å². The highest BCUT2D eigenvalue weighted by molar-refractivity contribution is 14.0. The van der Waals surface area contributed by atoms with Crippen LogP contribution in [0.15, 0.2) is 22.5 Å². The minimum atomic E-state index is 0. The number of nitrogens with one attached hydrogen (secondary N) is 1. The van der Waals surface area contributed by atoms with Crippen molar-refractivity contribution in [2.24, 2.45) is 17.5 Å². The Bertz CT molecular complexity index is 750. The van der Waals surface area contributed by atoms with Gasteiger partial charge in [-0.25, -0.2) is 4.99 Å². The van der Waals surface area contributed by atoms with Gasteiger partial charge in [0.2, 0.25) is 0 Å². The van der Waals surface area contributed by atoms with E-state index in [-0.39, 0.29) is 24.0 Å². The summed E-state index contributed by atoms with van der Waals surface area (Å²) in [5, 5.41) is 14.1. The molecular weight excluding hydrogens is 459 g/mol. The molecule has 0 bridgehead atoms. The second-order valence-electron chi connectivity index (χ2n) is 7.32. The second-order valence-corrected chi connectivity index (χ2v) is 8.35. The molecule has 2 aromatic rings. The molecule has 6 nitrogen and oxygen atoms in total. The van der Waals surface area contributed by atoms with Crippen LogP contribution in [0.3, 0.4) is 0 Å². The summed E-state index contributed by atoms with van der Waals surface area (Å²) in [6, 6.07) is 4.26. The predicted molar refractivity (Wildman–Crippen MR) is 116 cm³/mol. The van der Waals surface area contributed by atoms with Gasteiger partial charge in [0.1, 0.15) is 12.4 Å². The van der Waals surface area contributed by atoms with Crippen molar-refractivity contribution in [2.45, 2.75) is 45.7 Å². The fraction of sp³-hybridized carbons (Fsp3) is 0.611. The van der Waals surface area contributed by atoms with Gasteiger partial charge < -0.3 is 14.8 Å². The first-order valence-corrected chi connectivity index (χ1v) is 9.94. The van der Waals surface area contributed by atoms with Gasteiger partial charge in [-0.15, -0.1) is 45.5 Å². The maximum atomic E-state index is 4.89. The van der Waals surface area contributed by atoms with E-state index in [4.69, 9.17) is 4.99 Å². The van der Waals surface area contributed by atoms with Gasteiger partial charge in [-0.2, -0.15) is 0 Å². The molecule has 4 rings (SSSR count). The van der Waals surface area contributed by atoms with Crippen LogP contribution in [0.2, 0.25) is 0 Å². The van der Waals surface area contributed by atoms with Crippen molar-refractivity contribution < 1.29 is 0 Å². The number of aliphatic imine (C=N–C) groups is 1. The Morgan fingerprint density at radius 1 is 1.35 bits per heavy atom. The molecule has 1 saturated carbocycles. The number of rotatable bonds is 4. The molecule has 1 N–H and O–H groups in total. The molecule has 8 heteroatoms. The summed E-state index contributed by atoms with van der Waals surface area (Å²) >= 11 is 1.78. The molecule has 3 heterocycles. The van der Waals surface area contributed by atoms with E-state index in [1.807, 2.05) is 18.5 Å². The van der Waals surface area contributed by atoms with Gasteiger partial charge >= 0.3 is 0 Å². The molecule has 0 aromatic carbocycles. The summed E-state index contributed by atoms with van der Waals surface area (Å²) in [6.07, 6.45) is 5.45. The molecule has 0 amide bonds. The van der Waals surface area contributed by atoms with E-state index in [1.54, 1.807) is 11.3 Å². The normalized spacial score (nSPS) is 18.7. The van der Waals surface area contributed by atoms with Crippen molar-refractivity contribution in [1.29, 1.82) is 0 Å². The van der Waals surface area contributed by atoms with E-state index in [1.165, 1.54) is 30.6 Å². The van der Waals surface area contributed by atoms with E-state index in [0.29, 0.717) is 12.0 Å². The van der Waals surface area contributed by atoms with Gasteiger partial charge in [0.15, 0.2) is 11.8 Å². The van der Waals surface area contributed by atoms with Gasteiger partial charge in [-0.1, -0.05) is 12.5 Å². The topological polar surface area (TPSA) is 58.3 Å². The number of hydrogen-bond donors (Lipinski definition) is 1. The van der Waals surface area contributed by atoms with Crippen molar-refractivity contribution in [1.82, 2.24) is 25.0 Å². The van der Waals surface area contributed by atoms with E-state index >= 15 is 0 Å². The molecule has 1 spiro atoms.